The maximum Gasteiger partial charge on any atom is 0.451 e. The Morgan fingerprint density at radius 1 is 1.11 bits per heavy atom. The topological polar surface area (TPSA) is 71.1 Å². The van der Waals surface area contributed by atoms with E-state index >= 15 is 0 Å². The third-order valence-electron chi connectivity index (χ3n) is 3.93. The summed E-state index contributed by atoms with van der Waals surface area (Å²) in [6.45, 7) is 0.715. The highest BCUT2D eigenvalue weighted by Crippen LogP contribution is 2.27. The van der Waals surface area contributed by atoms with Crippen LogP contribution in [0.2, 0.25) is 0 Å². The molecule has 0 aliphatic rings. The van der Waals surface area contributed by atoms with Crippen molar-refractivity contribution in [2.45, 2.75) is 6.18 Å². The van der Waals surface area contributed by atoms with E-state index in [1.54, 1.807) is 7.05 Å². The zero-order valence-corrected chi connectivity index (χ0v) is 14.9. The number of rotatable bonds is 6. The Labute approximate surface area is 159 Å². The molecule has 146 valence electrons. The molecule has 0 fully saturated rings. The summed E-state index contributed by atoms with van der Waals surface area (Å²) in [5, 5.41) is 5.43. The van der Waals surface area contributed by atoms with Gasteiger partial charge >= 0.3 is 6.18 Å². The number of likely N-dealkylation sites (N-methyl/N-ethyl adjacent to an activating group) is 1. The Kier molecular flexibility index (Phi) is 5.62. The number of carbonyl (C=O) groups is 1. The van der Waals surface area contributed by atoms with Gasteiger partial charge in [0.25, 0.3) is 5.91 Å². The van der Waals surface area contributed by atoms with Crippen LogP contribution in [0.25, 0.3) is 11.4 Å². The standard InChI is InChI=1S/C19H17F3N4O2/c1-26(11-12-28-15-5-3-2-4-6-15)17(27)14-9-7-13(8-10-14)16-23-18(25-24-16)19(20,21)22/h2-10H,11-12H2,1H3,(H,23,24,25). The second-order valence-electron chi connectivity index (χ2n) is 5.97. The summed E-state index contributed by atoms with van der Waals surface area (Å²) in [4.78, 5) is 17.4. The van der Waals surface area contributed by atoms with Gasteiger partial charge in [-0.3, -0.25) is 9.89 Å². The number of amides is 1. The summed E-state index contributed by atoms with van der Waals surface area (Å²) in [5.74, 6) is -0.761. The van der Waals surface area contributed by atoms with Crippen molar-refractivity contribution in [2.24, 2.45) is 0 Å². The number of alkyl halides is 3. The van der Waals surface area contributed by atoms with Crippen molar-refractivity contribution < 1.29 is 22.7 Å². The minimum absolute atomic E-state index is 0.0871. The van der Waals surface area contributed by atoms with Gasteiger partial charge in [-0.25, -0.2) is 4.98 Å². The molecule has 0 unspecified atom stereocenters. The van der Waals surface area contributed by atoms with Gasteiger partial charge in [0.15, 0.2) is 5.82 Å². The Hall–Kier alpha value is -3.36. The molecule has 0 bridgehead atoms. The Balaban J connectivity index is 1.59. The van der Waals surface area contributed by atoms with Crippen molar-refractivity contribution in [1.82, 2.24) is 20.1 Å². The van der Waals surface area contributed by atoms with Crippen LogP contribution in [-0.2, 0) is 6.18 Å². The van der Waals surface area contributed by atoms with Crippen LogP contribution in [0.15, 0.2) is 54.6 Å². The Morgan fingerprint density at radius 3 is 2.39 bits per heavy atom. The quantitative estimate of drug-likeness (QED) is 0.698. The number of aromatic amines is 1. The Bertz CT molecular complexity index is 924. The second-order valence-corrected chi connectivity index (χ2v) is 5.97. The molecule has 9 heteroatoms. The van der Waals surface area contributed by atoms with Crippen LogP contribution in [0.1, 0.15) is 16.2 Å². The zero-order chi connectivity index (χ0) is 20.1. The summed E-state index contributed by atoms with van der Waals surface area (Å²) >= 11 is 0. The van der Waals surface area contributed by atoms with Crippen LogP contribution in [-0.4, -0.2) is 46.2 Å². The lowest BCUT2D eigenvalue weighted by Gasteiger charge is -2.17. The van der Waals surface area contributed by atoms with E-state index in [9.17, 15) is 18.0 Å². The average Bonchev–Trinajstić information content (AvgIpc) is 3.19. The number of hydrogen-bond donors (Lipinski definition) is 1. The van der Waals surface area contributed by atoms with Crippen molar-refractivity contribution in [2.75, 3.05) is 20.2 Å². The summed E-state index contributed by atoms with van der Waals surface area (Å²) in [5.41, 5.74) is 0.774. The van der Waals surface area contributed by atoms with Crippen LogP contribution in [0, 0.1) is 0 Å². The number of ether oxygens (including phenoxy) is 1. The van der Waals surface area contributed by atoms with Crippen LogP contribution in [0.3, 0.4) is 0 Å². The molecule has 6 nitrogen and oxygen atoms in total. The molecule has 1 amide bonds. The molecule has 3 rings (SSSR count). The predicted octanol–water partition coefficient (Wildman–Crippen LogP) is 3.64. The normalized spacial score (nSPS) is 11.3. The number of carbonyl (C=O) groups excluding carboxylic acids is 1. The zero-order valence-electron chi connectivity index (χ0n) is 14.9. The van der Waals surface area contributed by atoms with Gasteiger partial charge in [0.1, 0.15) is 12.4 Å². The molecule has 0 atom stereocenters. The lowest BCUT2D eigenvalue weighted by molar-refractivity contribution is -0.144. The summed E-state index contributed by atoms with van der Waals surface area (Å²) in [7, 11) is 1.65. The average molecular weight is 390 g/mol. The first-order valence-electron chi connectivity index (χ1n) is 8.38. The van der Waals surface area contributed by atoms with Crippen LogP contribution in [0.5, 0.6) is 5.75 Å². The number of aromatic nitrogens is 3. The molecule has 0 aliphatic carbocycles. The van der Waals surface area contributed by atoms with Crippen molar-refractivity contribution in [3.05, 3.63) is 66.0 Å². The molecule has 0 saturated heterocycles. The first kappa shape index (κ1) is 19.4. The summed E-state index contributed by atoms with van der Waals surface area (Å²) < 4.78 is 43.3. The van der Waals surface area contributed by atoms with E-state index in [0.29, 0.717) is 24.3 Å². The molecule has 0 aliphatic heterocycles. The molecule has 1 N–H and O–H groups in total. The fourth-order valence-corrected chi connectivity index (χ4v) is 2.42. The molecule has 2 aromatic carbocycles. The van der Waals surface area contributed by atoms with E-state index in [4.69, 9.17) is 4.74 Å². The minimum Gasteiger partial charge on any atom is -0.492 e. The molecule has 0 spiro atoms. The molecule has 0 radical (unpaired) electrons. The van der Waals surface area contributed by atoms with Gasteiger partial charge in [-0.1, -0.05) is 30.3 Å². The third kappa shape index (κ3) is 4.67. The molecule has 3 aromatic rings. The largest absolute Gasteiger partial charge is 0.492 e. The lowest BCUT2D eigenvalue weighted by Crippen LogP contribution is -2.30. The van der Waals surface area contributed by atoms with Gasteiger partial charge in [-0.2, -0.15) is 18.3 Å². The van der Waals surface area contributed by atoms with Gasteiger partial charge in [-0.05, 0) is 24.3 Å². The van der Waals surface area contributed by atoms with Gasteiger partial charge in [0.2, 0.25) is 5.82 Å². The highest BCUT2D eigenvalue weighted by atomic mass is 19.4. The van der Waals surface area contributed by atoms with Gasteiger partial charge in [0.05, 0.1) is 6.54 Å². The lowest BCUT2D eigenvalue weighted by atomic mass is 10.1. The van der Waals surface area contributed by atoms with Crippen molar-refractivity contribution in [3.63, 3.8) is 0 Å². The number of hydrogen-bond acceptors (Lipinski definition) is 4. The van der Waals surface area contributed by atoms with Crippen LogP contribution in [0.4, 0.5) is 13.2 Å². The van der Waals surface area contributed by atoms with E-state index in [2.05, 4.69) is 10.1 Å². The van der Waals surface area contributed by atoms with Gasteiger partial charge < -0.3 is 9.64 Å². The number of halogens is 3. The van der Waals surface area contributed by atoms with E-state index < -0.39 is 12.0 Å². The maximum atomic E-state index is 12.6. The molecule has 1 heterocycles. The molecular weight excluding hydrogens is 373 g/mol. The van der Waals surface area contributed by atoms with E-state index in [0.717, 1.165) is 5.75 Å². The summed E-state index contributed by atoms with van der Waals surface area (Å²) in [6, 6.07) is 15.3. The minimum atomic E-state index is -4.59. The van der Waals surface area contributed by atoms with E-state index in [1.807, 2.05) is 35.4 Å². The predicted molar refractivity (Wildman–Crippen MR) is 95.7 cm³/mol. The van der Waals surface area contributed by atoms with Gasteiger partial charge in [0, 0.05) is 18.2 Å². The highest BCUT2D eigenvalue weighted by Gasteiger charge is 2.35. The first-order valence-corrected chi connectivity index (χ1v) is 8.38. The Morgan fingerprint density at radius 2 is 1.79 bits per heavy atom. The SMILES string of the molecule is CN(CCOc1ccccc1)C(=O)c1ccc(-c2n[nH]c(C(F)(F)F)n2)cc1. The smallest absolute Gasteiger partial charge is 0.451 e. The summed E-state index contributed by atoms with van der Waals surface area (Å²) in [6.07, 6.45) is -4.59. The number of H-pyrrole nitrogens is 1. The number of para-hydroxylation sites is 1. The van der Waals surface area contributed by atoms with Gasteiger partial charge in [-0.15, -0.1) is 0 Å². The number of nitrogens with zero attached hydrogens (tertiary/aromatic N) is 3. The highest BCUT2D eigenvalue weighted by molar-refractivity contribution is 5.94. The fourth-order valence-electron chi connectivity index (χ4n) is 2.42. The number of nitrogens with one attached hydrogen (secondary N) is 1. The molecule has 0 saturated carbocycles. The monoisotopic (exact) mass is 390 g/mol. The molecular formula is C19H17F3N4O2. The number of benzene rings is 2. The second kappa shape index (κ2) is 8.12. The third-order valence-corrected chi connectivity index (χ3v) is 3.93. The van der Waals surface area contributed by atoms with Crippen LogP contribution >= 0.6 is 0 Å². The molecule has 1 aromatic heterocycles. The van der Waals surface area contributed by atoms with E-state index in [1.165, 1.54) is 29.2 Å². The fraction of sp³-hybridized carbons (Fsp3) is 0.211. The van der Waals surface area contributed by atoms with Crippen molar-refractivity contribution in [1.29, 1.82) is 0 Å². The van der Waals surface area contributed by atoms with Crippen molar-refractivity contribution >= 4 is 5.91 Å². The van der Waals surface area contributed by atoms with E-state index in [-0.39, 0.29) is 11.7 Å². The molecule has 28 heavy (non-hydrogen) atoms. The first-order chi connectivity index (χ1) is 13.3. The van der Waals surface area contributed by atoms with Crippen molar-refractivity contribution in [3.8, 4) is 17.1 Å². The maximum absolute atomic E-state index is 12.6. The van der Waals surface area contributed by atoms with Crippen LogP contribution < -0.4 is 4.74 Å².